The molecule has 2 fully saturated rings. The molecule has 0 amide bonds. The maximum absolute atomic E-state index is 11.8. The van der Waals surface area contributed by atoms with Gasteiger partial charge in [0.05, 0.1) is 17.3 Å². The first-order chi connectivity index (χ1) is 13.7. The summed E-state index contributed by atoms with van der Waals surface area (Å²) >= 11 is 0. The summed E-state index contributed by atoms with van der Waals surface area (Å²) in [6.07, 6.45) is 3.76. The molecule has 142 valence electrons. The Labute approximate surface area is 163 Å². The third-order valence-corrected chi connectivity index (χ3v) is 6.89. The molecule has 2 N–H and O–H groups in total. The summed E-state index contributed by atoms with van der Waals surface area (Å²) in [5.41, 5.74) is 3.48. The van der Waals surface area contributed by atoms with Crippen LogP contribution < -0.4 is 10.1 Å². The molecule has 5 atom stereocenters. The minimum atomic E-state index is -0.884. The maximum Gasteiger partial charge on any atom is 0.337 e. The molecule has 2 aromatic carbocycles. The Hall–Kier alpha value is -3.00. The summed E-state index contributed by atoms with van der Waals surface area (Å²) in [7, 11) is 0. The molecular weight excluding hydrogens is 352 g/mol. The third-order valence-electron chi connectivity index (χ3n) is 6.89. The summed E-state index contributed by atoms with van der Waals surface area (Å²) in [6, 6.07) is 15.6. The van der Waals surface area contributed by atoms with Crippen molar-refractivity contribution in [2.75, 3.05) is 11.9 Å². The van der Waals surface area contributed by atoms with Gasteiger partial charge in [-0.1, -0.05) is 24.3 Å². The van der Waals surface area contributed by atoms with Gasteiger partial charge in [-0.05, 0) is 72.3 Å². The van der Waals surface area contributed by atoms with E-state index >= 15 is 0 Å². The molecule has 2 aliphatic carbocycles. The van der Waals surface area contributed by atoms with Crippen LogP contribution in [-0.2, 0) is 0 Å². The molecule has 1 aliphatic heterocycles. The lowest BCUT2D eigenvalue weighted by atomic mass is 9.67. The Kier molecular flexibility index (Phi) is 4.01. The Morgan fingerprint density at radius 3 is 2.71 bits per heavy atom. The lowest BCUT2D eigenvalue weighted by molar-refractivity contribution is 0.0697. The number of hydrogen-bond donors (Lipinski definition) is 2. The van der Waals surface area contributed by atoms with E-state index in [1.807, 2.05) is 36.4 Å². The van der Waals surface area contributed by atoms with Crippen molar-refractivity contribution in [1.82, 2.24) is 0 Å². The standard InChI is InChI=1S/C23H22N2O3/c24-10-11-28-16-8-6-13(7-9-16)21-20-15-5-4-14(12-15)19(20)17-2-1-3-18(23(26)27)22(17)25-21/h1-3,6-9,14-15,19-21,25H,4-5,11-12H2,(H,26,27)/t14-,15-,19+,20+,21-/m0/s1. The van der Waals surface area contributed by atoms with Crippen LogP contribution in [0.2, 0.25) is 0 Å². The number of nitrogens with zero attached hydrogens (tertiary/aromatic N) is 1. The Balaban J connectivity index is 1.56. The van der Waals surface area contributed by atoms with E-state index in [1.54, 1.807) is 6.07 Å². The van der Waals surface area contributed by atoms with Crippen molar-refractivity contribution in [2.45, 2.75) is 31.2 Å². The van der Waals surface area contributed by atoms with Crippen molar-refractivity contribution in [3.8, 4) is 11.8 Å². The number of nitrogens with one attached hydrogen (secondary N) is 1. The largest absolute Gasteiger partial charge is 0.479 e. The molecule has 28 heavy (non-hydrogen) atoms. The second kappa shape index (κ2) is 6.56. The highest BCUT2D eigenvalue weighted by molar-refractivity contribution is 5.95. The van der Waals surface area contributed by atoms with Gasteiger partial charge in [0, 0.05) is 0 Å². The third kappa shape index (κ3) is 2.56. The minimum absolute atomic E-state index is 0.0326. The van der Waals surface area contributed by atoms with E-state index in [4.69, 9.17) is 10.00 Å². The number of carbonyl (C=O) groups is 1. The number of rotatable bonds is 4. The van der Waals surface area contributed by atoms with Gasteiger partial charge < -0.3 is 15.2 Å². The number of fused-ring (bicyclic) bond motifs is 7. The summed E-state index contributed by atoms with van der Waals surface area (Å²) in [4.78, 5) is 11.8. The quantitative estimate of drug-likeness (QED) is 0.818. The number of hydrogen-bond acceptors (Lipinski definition) is 4. The van der Waals surface area contributed by atoms with Crippen LogP contribution in [0.15, 0.2) is 42.5 Å². The molecule has 2 bridgehead atoms. The fourth-order valence-corrected chi connectivity index (χ4v) is 5.91. The van der Waals surface area contributed by atoms with Crippen LogP contribution in [0, 0.1) is 29.1 Å². The van der Waals surface area contributed by atoms with E-state index in [9.17, 15) is 9.90 Å². The highest BCUT2D eigenvalue weighted by Crippen LogP contribution is 2.64. The predicted molar refractivity (Wildman–Crippen MR) is 104 cm³/mol. The summed E-state index contributed by atoms with van der Waals surface area (Å²) in [5, 5.41) is 22.0. The zero-order chi connectivity index (χ0) is 19.3. The van der Waals surface area contributed by atoms with Crippen molar-refractivity contribution in [1.29, 1.82) is 5.26 Å². The zero-order valence-corrected chi connectivity index (χ0v) is 15.5. The van der Waals surface area contributed by atoms with Gasteiger partial charge in [0.25, 0.3) is 0 Å². The molecule has 2 aromatic rings. The first-order valence-corrected chi connectivity index (χ1v) is 9.90. The highest BCUT2D eigenvalue weighted by Gasteiger charge is 2.54. The smallest absolute Gasteiger partial charge is 0.337 e. The predicted octanol–water partition coefficient (Wildman–Crippen LogP) is 4.58. The molecule has 5 heteroatoms. The molecule has 5 rings (SSSR count). The number of carboxylic acids is 1. The van der Waals surface area contributed by atoms with Gasteiger partial charge in [-0.3, -0.25) is 0 Å². The number of benzene rings is 2. The summed E-state index contributed by atoms with van der Waals surface area (Å²) < 4.78 is 5.38. The Morgan fingerprint density at radius 1 is 1.18 bits per heavy atom. The molecule has 5 nitrogen and oxygen atoms in total. The van der Waals surface area contributed by atoms with E-state index < -0.39 is 5.97 Å². The average Bonchev–Trinajstić information content (AvgIpc) is 3.34. The SMILES string of the molecule is N#CCOc1ccc([C@@H]2Nc3c(C(=O)O)cccc3[C@H]3[C@H]4CC[C@@H](C4)[C@H]32)cc1. The second-order valence-electron chi connectivity index (χ2n) is 8.15. The van der Waals surface area contributed by atoms with Crippen LogP contribution in [-0.4, -0.2) is 17.7 Å². The van der Waals surface area contributed by atoms with Crippen molar-refractivity contribution < 1.29 is 14.6 Å². The first kappa shape index (κ1) is 17.1. The van der Waals surface area contributed by atoms with Crippen molar-refractivity contribution >= 4 is 11.7 Å². The van der Waals surface area contributed by atoms with Gasteiger partial charge in [0.2, 0.25) is 0 Å². The fraction of sp³-hybridized carbons (Fsp3) is 0.391. The van der Waals surface area contributed by atoms with Crippen LogP contribution >= 0.6 is 0 Å². The molecule has 0 saturated heterocycles. The van der Waals surface area contributed by atoms with Crippen molar-refractivity contribution in [2.24, 2.45) is 17.8 Å². The number of anilines is 1. The molecule has 0 radical (unpaired) electrons. The van der Waals surface area contributed by atoms with Gasteiger partial charge in [0.15, 0.2) is 6.61 Å². The molecule has 1 heterocycles. The fourth-order valence-electron chi connectivity index (χ4n) is 5.91. The number of nitriles is 1. The first-order valence-electron chi connectivity index (χ1n) is 9.90. The Morgan fingerprint density at radius 2 is 1.96 bits per heavy atom. The molecular formula is C23H22N2O3. The van der Waals surface area contributed by atoms with Gasteiger partial charge >= 0.3 is 5.97 Å². The zero-order valence-electron chi connectivity index (χ0n) is 15.5. The minimum Gasteiger partial charge on any atom is -0.479 e. The van der Waals surface area contributed by atoms with E-state index in [0.717, 1.165) is 11.3 Å². The van der Waals surface area contributed by atoms with E-state index in [2.05, 4.69) is 11.4 Å². The topological polar surface area (TPSA) is 82.3 Å². The van der Waals surface area contributed by atoms with Gasteiger partial charge in [-0.2, -0.15) is 5.26 Å². The van der Waals surface area contributed by atoms with Crippen LogP contribution in [0.1, 0.15) is 52.7 Å². The highest BCUT2D eigenvalue weighted by atomic mass is 16.5. The van der Waals surface area contributed by atoms with Crippen LogP contribution in [0.4, 0.5) is 5.69 Å². The molecule has 2 saturated carbocycles. The van der Waals surface area contributed by atoms with Gasteiger partial charge in [-0.25, -0.2) is 4.79 Å². The van der Waals surface area contributed by atoms with E-state index in [1.165, 1.54) is 24.8 Å². The maximum atomic E-state index is 11.8. The van der Waals surface area contributed by atoms with Gasteiger partial charge in [0.1, 0.15) is 11.8 Å². The van der Waals surface area contributed by atoms with Crippen LogP contribution in [0.3, 0.4) is 0 Å². The molecule has 0 spiro atoms. The molecule has 0 aromatic heterocycles. The summed E-state index contributed by atoms with van der Waals surface area (Å²) in [5.74, 6) is 2.04. The molecule has 3 aliphatic rings. The normalized spacial score (nSPS) is 29.3. The van der Waals surface area contributed by atoms with Crippen molar-refractivity contribution in [3.05, 3.63) is 59.2 Å². The van der Waals surface area contributed by atoms with E-state index in [0.29, 0.717) is 35.0 Å². The van der Waals surface area contributed by atoms with E-state index in [-0.39, 0.29) is 12.6 Å². The number of ether oxygens (including phenoxy) is 1. The van der Waals surface area contributed by atoms with Crippen LogP contribution in [0.5, 0.6) is 5.75 Å². The number of carboxylic acid groups (broad SMARTS) is 1. The number of aromatic carboxylic acids is 1. The average molecular weight is 374 g/mol. The van der Waals surface area contributed by atoms with Crippen molar-refractivity contribution in [3.63, 3.8) is 0 Å². The monoisotopic (exact) mass is 374 g/mol. The second-order valence-corrected chi connectivity index (χ2v) is 8.15. The lowest BCUT2D eigenvalue weighted by Crippen LogP contribution is -2.36. The van der Waals surface area contributed by atoms with Gasteiger partial charge in [-0.15, -0.1) is 0 Å². The lowest BCUT2D eigenvalue weighted by Gasteiger charge is -2.44. The van der Waals surface area contributed by atoms with Crippen LogP contribution in [0.25, 0.3) is 0 Å². The number of para-hydroxylation sites is 1. The summed E-state index contributed by atoms with van der Waals surface area (Å²) in [6.45, 7) is 0.0326. The molecule has 0 unspecified atom stereocenters. The Bertz CT molecular complexity index is 963.